The van der Waals surface area contributed by atoms with Crippen LogP contribution in [-0.2, 0) is 0 Å². The van der Waals surface area contributed by atoms with Crippen molar-refractivity contribution in [1.29, 1.82) is 0 Å². The monoisotopic (exact) mass is 328 g/mol. The number of halogens is 1. The van der Waals surface area contributed by atoms with Crippen molar-refractivity contribution in [2.45, 2.75) is 19.9 Å². The Labute approximate surface area is 125 Å². The van der Waals surface area contributed by atoms with Crippen molar-refractivity contribution in [1.82, 2.24) is 10.2 Å². The summed E-state index contributed by atoms with van der Waals surface area (Å²) in [5, 5.41) is 3.56. The van der Waals surface area contributed by atoms with Crippen molar-refractivity contribution in [3.8, 4) is 5.75 Å². The van der Waals surface area contributed by atoms with Gasteiger partial charge in [0.2, 0.25) is 0 Å². The van der Waals surface area contributed by atoms with Crippen molar-refractivity contribution in [2.24, 2.45) is 5.92 Å². The number of hydrogen-bond donors (Lipinski definition) is 1. The van der Waals surface area contributed by atoms with Gasteiger partial charge in [-0.25, -0.2) is 0 Å². The molecule has 0 heterocycles. The molecule has 1 aromatic rings. The third-order valence-electron chi connectivity index (χ3n) is 2.96. The molecule has 0 amide bonds. The average Bonchev–Trinajstić information content (AvgIpc) is 2.34. The molecule has 108 valence electrons. The van der Waals surface area contributed by atoms with E-state index >= 15 is 0 Å². The van der Waals surface area contributed by atoms with Gasteiger partial charge in [-0.15, -0.1) is 0 Å². The van der Waals surface area contributed by atoms with Crippen LogP contribution in [0.25, 0.3) is 0 Å². The average molecular weight is 329 g/mol. The molecule has 0 spiro atoms. The van der Waals surface area contributed by atoms with Crippen LogP contribution < -0.4 is 10.1 Å². The molecule has 1 aromatic carbocycles. The summed E-state index contributed by atoms with van der Waals surface area (Å²) in [6, 6.07) is 8.44. The molecule has 1 rings (SSSR count). The molecule has 19 heavy (non-hydrogen) atoms. The highest BCUT2D eigenvalue weighted by molar-refractivity contribution is 9.10. The van der Waals surface area contributed by atoms with Gasteiger partial charge in [-0.05, 0) is 44.3 Å². The quantitative estimate of drug-likeness (QED) is 0.742. The number of rotatable bonds is 8. The summed E-state index contributed by atoms with van der Waals surface area (Å²) < 4.78 is 6.77. The lowest BCUT2D eigenvalue weighted by atomic mass is 10.0. The SMILES string of the molecule is CC(C)C(CN(C)C)NCCOc1ccc(Br)cc1. The van der Waals surface area contributed by atoms with E-state index in [1.165, 1.54) is 0 Å². The van der Waals surface area contributed by atoms with Gasteiger partial charge in [-0.1, -0.05) is 29.8 Å². The standard InChI is InChI=1S/C15H25BrN2O/c1-12(2)15(11-18(3)4)17-9-10-19-14-7-5-13(16)6-8-14/h5-8,12,15,17H,9-11H2,1-4H3. The van der Waals surface area contributed by atoms with Gasteiger partial charge in [-0.2, -0.15) is 0 Å². The highest BCUT2D eigenvalue weighted by atomic mass is 79.9. The zero-order valence-electron chi connectivity index (χ0n) is 12.3. The summed E-state index contributed by atoms with van der Waals surface area (Å²) >= 11 is 3.41. The third-order valence-corrected chi connectivity index (χ3v) is 3.49. The lowest BCUT2D eigenvalue weighted by Gasteiger charge is -2.25. The van der Waals surface area contributed by atoms with E-state index in [2.05, 4.69) is 54.1 Å². The minimum atomic E-state index is 0.503. The van der Waals surface area contributed by atoms with E-state index in [-0.39, 0.29) is 0 Å². The first-order chi connectivity index (χ1) is 8.99. The Morgan fingerprint density at radius 2 is 1.84 bits per heavy atom. The minimum absolute atomic E-state index is 0.503. The third kappa shape index (κ3) is 6.95. The lowest BCUT2D eigenvalue weighted by molar-refractivity contribution is 0.259. The normalized spacial score (nSPS) is 13.0. The molecular weight excluding hydrogens is 304 g/mol. The number of nitrogens with one attached hydrogen (secondary N) is 1. The van der Waals surface area contributed by atoms with Gasteiger partial charge in [0.1, 0.15) is 12.4 Å². The van der Waals surface area contributed by atoms with Crippen LogP contribution >= 0.6 is 15.9 Å². The summed E-state index contributed by atoms with van der Waals surface area (Å²) in [5.74, 6) is 1.54. The summed E-state index contributed by atoms with van der Waals surface area (Å²) in [6.45, 7) is 7.11. The van der Waals surface area contributed by atoms with Crippen LogP contribution in [0, 0.1) is 5.92 Å². The number of likely N-dealkylation sites (N-methyl/N-ethyl adjacent to an activating group) is 1. The summed E-state index contributed by atoms with van der Waals surface area (Å²) in [5.41, 5.74) is 0. The predicted octanol–water partition coefficient (Wildman–Crippen LogP) is 3.00. The first kappa shape index (κ1) is 16.5. The van der Waals surface area contributed by atoms with Crippen LogP contribution in [-0.4, -0.2) is 44.7 Å². The predicted molar refractivity (Wildman–Crippen MR) is 84.8 cm³/mol. The summed E-state index contributed by atoms with van der Waals surface area (Å²) in [7, 11) is 4.21. The number of benzene rings is 1. The first-order valence-electron chi connectivity index (χ1n) is 6.75. The van der Waals surface area contributed by atoms with E-state index in [0.29, 0.717) is 18.6 Å². The van der Waals surface area contributed by atoms with Crippen molar-refractivity contribution in [3.63, 3.8) is 0 Å². The summed E-state index contributed by atoms with van der Waals surface area (Å²) in [4.78, 5) is 2.22. The molecule has 1 N–H and O–H groups in total. The fourth-order valence-electron chi connectivity index (χ4n) is 1.85. The maximum absolute atomic E-state index is 5.70. The molecule has 0 radical (unpaired) electrons. The molecule has 1 unspecified atom stereocenters. The molecule has 3 nitrogen and oxygen atoms in total. The summed E-state index contributed by atoms with van der Waals surface area (Å²) in [6.07, 6.45) is 0. The van der Waals surface area contributed by atoms with E-state index in [9.17, 15) is 0 Å². The van der Waals surface area contributed by atoms with Crippen molar-refractivity contribution < 1.29 is 4.74 Å². The Morgan fingerprint density at radius 3 is 2.37 bits per heavy atom. The van der Waals surface area contributed by atoms with Crippen LogP contribution in [0.3, 0.4) is 0 Å². The molecule has 1 atom stereocenters. The van der Waals surface area contributed by atoms with Gasteiger partial charge < -0.3 is 15.0 Å². The Morgan fingerprint density at radius 1 is 1.21 bits per heavy atom. The molecule has 0 saturated carbocycles. The van der Waals surface area contributed by atoms with Gasteiger partial charge in [0.05, 0.1) is 0 Å². The maximum atomic E-state index is 5.70. The van der Waals surface area contributed by atoms with Crippen LogP contribution in [0.15, 0.2) is 28.7 Å². The number of hydrogen-bond acceptors (Lipinski definition) is 3. The second kappa shape index (κ2) is 8.56. The molecule has 0 aliphatic carbocycles. The topological polar surface area (TPSA) is 24.5 Å². The molecule has 0 fully saturated rings. The number of ether oxygens (including phenoxy) is 1. The maximum Gasteiger partial charge on any atom is 0.119 e. The molecular formula is C15H25BrN2O. The van der Waals surface area contributed by atoms with Crippen molar-refractivity contribution in [2.75, 3.05) is 33.8 Å². The fourth-order valence-corrected chi connectivity index (χ4v) is 2.11. The fraction of sp³-hybridized carbons (Fsp3) is 0.600. The minimum Gasteiger partial charge on any atom is -0.492 e. The highest BCUT2D eigenvalue weighted by Crippen LogP contribution is 2.15. The van der Waals surface area contributed by atoms with Crippen LogP contribution in [0.5, 0.6) is 5.75 Å². The molecule has 0 saturated heterocycles. The Balaban J connectivity index is 2.26. The Hall–Kier alpha value is -0.580. The first-order valence-corrected chi connectivity index (χ1v) is 7.55. The Kier molecular flexibility index (Phi) is 7.42. The zero-order chi connectivity index (χ0) is 14.3. The highest BCUT2D eigenvalue weighted by Gasteiger charge is 2.13. The molecule has 0 aromatic heterocycles. The molecule has 0 bridgehead atoms. The largest absolute Gasteiger partial charge is 0.492 e. The second-order valence-electron chi connectivity index (χ2n) is 5.37. The van der Waals surface area contributed by atoms with Gasteiger partial charge in [0, 0.05) is 23.6 Å². The number of nitrogens with zero attached hydrogens (tertiary/aromatic N) is 1. The zero-order valence-corrected chi connectivity index (χ0v) is 13.9. The van der Waals surface area contributed by atoms with Gasteiger partial charge in [0.25, 0.3) is 0 Å². The van der Waals surface area contributed by atoms with E-state index in [0.717, 1.165) is 23.3 Å². The molecule has 4 heteroatoms. The molecule has 0 aliphatic heterocycles. The van der Waals surface area contributed by atoms with E-state index < -0.39 is 0 Å². The van der Waals surface area contributed by atoms with Gasteiger partial charge >= 0.3 is 0 Å². The van der Waals surface area contributed by atoms with Crippen molar-refractivity contribution >= 4 is 15.9 Å². The van der Waals surface area contributed by atoms with E-state index in [1.54, 1.807) is 0 Å². The smallest absolute Gasteiger partial charge is 0.119 e. The second-order valence-corrected chi connectivity index (χ2v) is 6.28. The molecule has 0 aliphatic rings. The van der Waals surface area contributed by atoms with E-state index in [1.807, 2.05) is 24.3 Å². The van der Waals surface area contributed by atoms with Crippen LogP contribution in [0.1, 0.15) is 13.8 Å². The van der Waals surface area contributed by atoms with Gasteiger partial charge in [-0.3, -0.25) is 0 Å². The lowest BCUT2D eigenvalue weighted by Crippen LogP contribution is -2.43. The van der Waals surface area contributed by atoms with Crippen LogP contribution in [0.2, 0.25) is 0 Å². The van der Waals surface area contributed by atoms with E-state index in [4.69, 9.17) is 4.74 Å². The Bertz CT molecular complexity index is 352. The van der Waals surface area contributed by atoms with Crippen LogP contribution in [0.4, 0.5) is 0 Å². The van der Waals surface area contributed by atoms with Gasteiger partial charge in [0.15, 0.2) is 0 Å². The van der Waals surface area contributed by atoms with Crippen molar-refractivity contribution in [3.05, 3.63) is 28.7 Å².